The van der Waals surface area contributed by atoms with Crippen molar-refractivity contribution in [3.05, 3.63) is 59.4 Å². The molecule has 2 aromatic rings. The van der Waals surface area contributed by atoms with E-state index in [0.29, 0.717) is 5.56 Å². The van der Waals surface area contributed by atoms with Gasteiger partial charge in [-0.3, -0.25) is 14.7 Å². The molecular formula is C19H23N3O2. The number of ether oxygens (including phenoxy) is 1. The first-order chi connectivity index (χ1) is 11.7. The van der Waals surface area contributed by atoms with E-state index in [0.717, 1.165) is 49.9 Å². The van der Waals surface area contributed by atoms with Crippen molar-refractivity contribution in [1.29, 1.82) is 0 Å². The Hall–Kier alpha value is -2.40. The van der Waals surface area contributed by atoms with E-state index in [9.17, 15) is 4.79 Å². The van der Waals surface area contributed by atoms with Crippen molar-refractivity contribution in [2.45, 2.75) is 13.5 Å². The number of piperazine rings is 1. The summed E-state index contributed by atoms with van der Waals surface area (Å²) in [5.41, 5.74) is 2.84. The van der Waals surface area contributed by atoms with E-state index in [-0.39, 0.29) is 5.91 Å². The molecule has 0 N–H and O–H groups in total. The Bertz CT molecular complexity index is 692. The van der Waals surface area contributed by atoms with Gasteiger partial charge in [-0.25, -0.2) is 0 Å². The lowest BCUT2D eigenvalue weighted by atomic mass is 10.1. The summed E-state index contributed by atoms with van der Waals surface area (Å²) in [6.45, 7) is 6.09. The summed E-state index contributed by atoms with van der Waals surface area (Å²) < 4.78 is 5.14. The Morgan fingerprint density at radius 1 is 1.08 bits per heavy atom. The molecule has 24 heavy (non-hydrogen) atoms. The second-order valence-corrected chi connectivity index (χ2v) is 6.07. The first-order valence-electron chi connectivity index (χ1n) is 8.24. The molecule has 0 radical (unpaired) electrons. The predicted molar refractivity (Wildman–Crippen MR) is 93.1 cm³/mol. The highest BCUT2D eigenvalue weighted by molar-refractivity contribution is 5.94. The number of nitrogens with zero attached hydrogens (tertiary/aromatic N) is 3. The van der Waals surface area contributed by atoms with Crippen molar-refractivity contribution in [3.8, 4) is 5.75 Å². The highest BCUT2D eigenvalue weighted by Gasteiger charge is 2.22. The molecule has 0 spiro atoms. The normalized spacial score (nSPS) is 15.3. The molecule has 3 rings (SSSR count). The van der Waals surface area contributed by atoms with Crippen LogP contribution < -0.4 is 4.74 Å². The second-order valence-electron chi connectivity index (χ2n) is 6.07. The van der Waals surface area contributed by atoms with E-state index in [1.165, 1.54) is 0 Å². The third-order valence-corrected chi connectivity index (χ3v) is 4.33. The van der Waals surface area contributed by atoms with Crippen LogP contribution in [0.15, 0.2) is 42.5 Å². The van der Waals surface area contributed by atoms with Gasteiger partial charge in [-0.2, -0.15) is 0 Å². The van der Waals surface area contributed by atoms with Gasteiger partial charge in [-0.05, 0) is 43.3 Å². The number of amides is 1. The van der Waals surface area contributed by atoms with E-state index < -0.39 is 0 Å². The summed E-state index contributed by atoms with van der Waals surface area (Å²) in [5, 5.41) is 0. The van der Waals surface area contributed by atoms with Gasteiger partial charge >= 0.3 is 0 Å². The Balaban J connectivity index is 1.55. The third kappa shape index (κ3) is 3.92. The topological polar surface area (TPSA) is 45.7 Å². The molecule has 126 valence electrons. The lowest BCUT2D eigenvalue weighted by Gasteiger charge is -2.34. The fraction of sp³-hybridized carbons (Fsp3) is 0.368. The lowest BCUT2D eigenvalue weighted by molar-refractivity contribution is 0.0627. The molecule has 2 heterocycles. The summed E-state index contributed by atoms with van der Waals surface area (Å²) >= 11 is 0. The molecule has 1 aliphatic rings. The average Bonchev–Trinajstić information content (AvgIpc) is 2.62. The van der Waals surface area contributed by atoms with Crippen LogP contribution in [0.4, 0.5) is 0 Å². The number of carbonyl (C=O) groups excluding carboxylic acids is 1. The molecule has 5 heteroatoms. The summed E-state index contributed by atoms with van der Waals surface area (Å²) in [5.74, 6) is 0.855. The zero-order chi connectivity index (χ0) is 16.9. The van der Waals surface area contributed by atoms with Gasteiger partial charge in [0, 0.05) is 44.0 Å². The van der Waals surface area contributed by atoms with Gasteiger partial charge in [-0.15, -0.1) is 0 Å². The zero-order valence-electron chi connectivity index (χ0n) is 14.2. The van der Waals surface area contributed by atoms with Crippen LogP contribution in [-0.2, 0) is 6.54 Å². The number of hydrogen-bond acceptors (Lipinski definition) is 4. The molecule has 0 atom stereocenters. The monoisotopic (exact) mass is 325 g/mol. The molecule has 1 aromatic carbocycles. The number of carbonyl (C=O) groups is 1. The first kappa shape index (κ1) is 16.5. The van der Waals surface area contributed by atoms with Crippen LogP contribution in [0.1, 0.15) is 21.7 Å². The van der Waals surface area contributed by atoms with Gasteiger partial charge in [0.25, 0.3) is 5.91 Å². The van der Waals surface area contributed by atoms with Gasteiger partial charge < -0.3 is 9.64 Å². The van der Waals surface area contributed by atoms with Crippen molar-refractivity contribution in [1.82, 2.24) is 14.8 Å². The van der Waals surface area contributed by atoms with Crippen molar-refractivity contribution >= 4 is 5.91 Å². The molecule has 1 aliphatic heterocycles. The molecule has 5 nitrogen and oxygen atoms in total. The van der Waals surface area contributed by atoms with Gasteiger partial charge in [0.05, 0.1) is 12.8 Å². The Morgan fingerprint density at radius 3 is 2.42 bits per heavy atom. The van der Waals surface area contributed by atoms with E-state index in [2.05, 4.69) is 16.0 Å². The standard InChI is InChI=1S/C19H23N3O2/c1-15-4-3-5-17(20-15)14-21-10-12-22(13-11-21)19(23)16-6-8-18(24-2)9-7-16/h3-9H,10-14H2,1-2H3. The number of pyridine rings is 1. The Morgan fingerprint density at radius 2 is 1.79 bits per heavy atom. The number of aryl methyl sites for hydroxylation is 1. The second kappa shape index (κ2) is 7.45. The van der Waals surface area contributed by atoms with Gasteiger partial charge in [0.15, 0.2) is 0 Å². The minimum atomic E-state index is 0.0889. The first-order valence-corrected chi connectivity index (χ1v) is 8.24. The van der Waals surface area contributed by atoms with E-state index in [4.69, 9.17) is 4.74 Å². The maximum absolute atomic E-state index is 12.6. The maximum Gasteiger partial charge on any atom is 0.253 e. The number of methoxy groups -OCH3 is 1. The minimum Gasteiger partial charge on any atom is -0.497 e. The van der Waals surface area contributed by atoms with Crippen molar-refractivity contribution in [3.63, 3.8) is 0 Å². The smallest absolute Gasteiger partial charge is 0.253 e. The van der Waals surface area contributed by atoms with Crippen molar-refractivity contribution in [2.24, 2.45) is 0 Å². The predicted octanol–water partition coefficient (Wildman–Crippen LogP) is 2.36. The number of rotatable bonds is 4. The highest BCUT2D eigenvalue weighted by atomic mass is 16.5. The lowest BCUT2D eigenvalue weighted by Crippen LogP contribution is -2.48. The van der Waals surface area contributed by atoms with Gasteiger partial charge in [0.2, 0.25) is 0 Å². The molecule has 0 bridgehead atoms. The summed E-state index contributed by atoms with van der Waals surface area (Å²) in [7, 11) is 1.62. The SMILES string of the molecule is COc1ccc(C(=O)N2CCN(Cc3cccc(C)n3)CC2)cc1. The molecular weight excluding hydrogens is 302 g/mol. The van der Waals surface area contributed by atoms with Gasteiger partial charge in [-0.1, -0.05) is 6.07 Å². The largest absolute Gasteiger partial charge is 0.497 e. The minimum absolute atomic E-state index is 0.0889. The van der Waals surface area contributed by atoms with Gasteiger partial charge in [0.1, 0.15) is 5.75 Å². The maximum atomic E-state index is 12.6. The molecule has 0 saturated carbocycles. The van der Waals surface area contributed by atoms with Crippen LogP contribution in [0.25, 0.3) is 0 Å². The van der Waals surface area contributed by atoms with Crippen LogP contribution in [-0.4, -0.2) is 54.0 Å². The Labute approximate surface area is 142 Å². The van der Waals surface area contributed by atoms with Crippen LogP contribution in [0.5, 0.6) is 5.75 Å². The van der Waals surface area contributed by atoms with Crippen LogP contribution >= 0.6 is 0 Å². The van der Waals surface area contributed by atoms with E-state index in [1.807, 2.05) is 48.2 Å². The molecule has 1 aromatic heterocycles. The molecule has 0 unspecified atom stereocenters. The van der Waals surface area contributed by atoms with Crippen LogP contribution in [0.2, 0.25) is 0 Å². The van der Waals surface area contributed by atoms with E-state index >= 15 is 0 Å². The van der Waals surface area contributed by atoms with Crippen molar-refractivity contribution in [2.75, 3.05) is 33.3 Å². The fourth-order valence-corrected chi connectivity index (χ4v) is 2.94. The van der Waals surface area contributed by atoms with E-state index in [1.54, 1.807) is 7.11 Å². The average molecular weight is 325 g/mol. The van der Waals surface area contributed by atoms with Crippen LogP contribution in [0, 0.1) is 6.92 Å². The number of hydrogen-bond donors (Lipinski definition) is 0. The molecule has 1 fully saturated rings. The fourth-order valence-electron chi connectivity index (χ4n) is 2.94. The summed E-state index contributed by atoms with van der Waals surface area (Å²) in [6.07, 6.45) is 0. The van der Waals surface area contributed by atoms with Crippen molar-refractivity contribution < 1.29 is 9.53 Å². The highest BCUT2D eigenvalue weighted by Crippen LogP contribution is 2.15. The Kier molecular flexibility index (Phi) is 5.11. The van der Waals surface area contributed by atoms with Crippen LogP contribution in [0.3, 0.4) is 0 Å². The quantitative estimate of drug-likeness (QED) is 0.866. The number of aromatic nitrogens is 1. The number of benzene rings is 1. The summed E-state index contributed by atoms with van der Waals surface area (Å²) in [6, 6.07) is 13.4. The molecule has 0 aliphatic carbocycles. The molecule has 1 saturated heterocycles. The third-order valence-electron chi connectivity index (χ3n) is 4.33. The zero-order valence-corrected chi connectivity index (χ0v) is 14.2. The molecule has 1 amide bonds. The summed E-state index contributed by atoms with van der Waals surface area (Å²) in [4.78, 5) is 21.4.